The molecule has 0 unspecified atom stereocenters. The van der Waals surface area contributed by atoms with Crippen LogP contribution in [0.2, 0.25) is 0 Å². The standard InChI is InChI=1S/C11H21N5/c1-5-11(4,6-2)15-9-7-10(16-12)14-8(3)13-9/h7H,5-6,12H2,1-4H3,(H2,13,14,15,16). The van der Waals surface area contributed by atoms with Crippen molar-refractivity contribution in [2.75, 3.05) is 10.7 Å². The molecule has 0 aliphatic heterocycles. The van der Waals surface area contributed by atoms with Crippen molar-refractivity contribution in [2.45, 2.75) is 46.1 Å². The third-order valence-electron chi connectivity index (χ3n) is 2.98. The lowest BCUT2D eigenvalue weighted by Gasteiger charge is -2.29. The van der Waals surface area contributed by atoms with Crippen LogP contribution in [0.1, 0.15) is 39.4 Å². The van der Waals surface area contributed by atoms with Crippen LogP contribution in [0.4, 0.5) is 11.6 Å². The predicted octanol–water partition coefficient (Wildman–Crippen LogP) is 2.06. The molecule has 0 aromatic carbocycles. The maximum absolute atomic E-state index is 5.35. The molecular weight excluding hydrogens is 202 g/mol. The van der Waals surface area contributed by atoms with Gasteiger partial charge in [0.25, 0.3) is 0 Å². The van der Waals surface area contributed by atoms with E-state index in [2.05, 4.69) is 41.5 Å². The van der Waals surface area contributed by atoms with E-state index >= 15 is 0 Å². The van der Waals surface area contributed by atoms with Crippen molar-refractivity contribution >= 4 is 11.6 Å². The first-order chi connectivity index (χ1) is 7.53. The van der Waals surface area contributed by atoms with Gasteiger partial charge in [-0.1, -0.05) is 13.8 Å². The molecule has 0 aliphatic carbocycles. The van der Waals surface area contributed by atoms with Crippen molar-refractivity contribution < 1.29 is 0 Å². The minimum Gasteiger partial charge on any atom is -0.365 e. The van der Waals surface area contributed by atoms with Gasteiger partial charge < -0.3 is 10.7 Å². The lowest BCUT2D eigenvalue weighted by atomic mass is 9.96. The number of nitrogens with one attached hydrogen (secondary N) is 2. The van der Waals surface area contributed by atoms with Crippen LogP contribution in [-0.2, 0) is 0 Å². The van der Waals surface area contributed by atoms with Crippen LogP contribution < -0.4 is 16.6 Å². The van der Waals surface area contributed by atoms with E-state index in [1.165, 1.54) is 0 Å². The first kappa shape index (κ1) is 12.7. The van der Waals surface area contributed by atoms with Crippen LogP contribution in [0.5, 0.6) is 0 Å². The van der Waals surface area contributed by atoms with Gasteiger partial charge in [-0.2, -0.15) is 0 Å². The van der Waals surface area contributed by atoms with E-state index in [4.69, 9.17) is 5.84 Å². The van der Waals surface area contributed by atoms with Gasteiger partial charge >= 0.3 is 0 Å². The molecule has 0 atom stereocenters. The Morgan fingerprint density at radius 3 is 2.31 bits per heavy atom. The largest absolute Gasteiger partial charge is 0.365 e. The second kappa shape index (κ2) is 5.12. The molecule has 0 fully saturated rings. The number of rotatable bonds is 5. The van der Waals surface area contributed by atoms with Gasteiger partial charge in [0.05, 0.1) is 0 Å². The van der Waals surface area contributed by atoms with Gasteiger partial charge in [0, 0.05) is 11.6 Å². The summed E-state index contributed by atoms with van der Waals surface area (Å²) in [7, 11) is 0. The van der Waals surface area contributed by atoms with Crippen LogP contribution in [-0.4, -0.2) is 15.5 Å². The number of hydrazine groups is 1. The molecule has 1 rings (SSSR count). The fourth-order valence-corrected chi connectivity index (χ4v) is 1.44. The Labute approximate surface area is 96.8 Å². The van der Waals surface area contributed by atoms with Crippen molar-refractivity contribution in [1.82, 2.24) is 9.97 Å². The summed E-state index contributed by atoms with van der Waals surface area (Å²) in [4.78, 5) is 8.49. The first-order valence-corrected chi connectivity index (χ1v) is 5.63. The number of aryl methyl sites for hydroxylation is 1. The molecule has 1 heterocycles. The summed E-state index contributed by atoms with van der Waals surface area (Å²) in [6.07, 6.45) is 2.08. The molecule has 0 saturated heterocycles. The first-order valence-electron chi connectivity index (χ1n) is 5.63. The Hall–Kier alpha value is -1.36. The van der Waals surface area contributed by atoms with Gasteiger partial charge in [-0.25, -0.2) is 15.8 Å². The minimum atomic E-state index is 0.0622. The van der Waals surface area contributed by atoms with Crippen LogP contribution in [0.3, 0.4) is 0 Å². The van der Waals surface area contributed by atoms with Gasteiger partial charge in [-0.15, -0.1) is 0 Å². The Bertz CT molecular complexity index is 346. The fraction of sp³-hybridized carbons (Fsp3) is 0.636. The normalized spacial score (nSPS) is 11.3. The monoisotopic (exact) mass is 223 g/mol. The van der Waals surface area contributed by atoms with Crippen LogP contribution in [0.25, 0.3) is 0 Å². The number of hydrogen-bond donors (Lipinski definition) is 3. The van der Waals surface area contributed by atoms with E-state index in [0.29, 0.717) is 11.6 Å². The lowest BCUT2D eigenvalue weighted by Crippen LogP contribution is -2.33. The quantitative estimate of drug-likeness (QED) is 0.526. The molecule has 0 bridgehead atoms. The fourth-order valence-electron chi connectivity index (χ4n) is 1.44. The predicted molar refractivity (Wildman–Crippen MR) is 67.2 cm³/mol. The van der Waals surface area contributed by atoms with Crippen LogP contribution >= 0.6 is 0 Å². The van der Waals surface area contributed by atoms with E-state index < -0.39 is 0 Å². The van der Waals surface area contributed by atoms with Crippen molar-refractivity contribution in [2.24, 2.45) is 5.84 Å². The Balaban J connectivity index is 2.92. The summed E-state index contributed by atoms with van der Waals surface area (Å²) in [5, 5.41) is 3.42. The molecule has 0 aliphatic rings. The maximum atomic E-state index is 5.35. The summed E-state index contributed by atoms with van der Waals surface area (Å²) in [5.74, 6) is 7.49. The zero-order chi connectivity index (χ0) is 12.2. The van der Waals surface area contributed by atoms with E-state index in [0.717, 1.165) is 18.7 Å². The number of nitrogen functional groups attached to an aromatic ring is 1. The van der Waals surface area contributed by atoms with Gasteiger partial charge in [-0.3, -0.25) is 0 Å². The summed E-state index contributed by atoms with van der Waals surface area (Å²) in [5.41, 5.74) is 2.60. The van der Waals surface area contributed by atoms with Crippen LogP contribution in [0.15, 0.2) is 6.07 Å². The molecule has 0 saturated carbocycles. The SMILES string of the molecule is CCC(C)(CC)Nc1cc(NN)nc(C)n1. The van der Waals surface area contributed by atoms with Crippen LogP contribution in [0, 0.1) is 6.92 Å². The molecule has 5 nitrogen and oxygen atoms in total. The van der Waals surface area contributed by atoms with Gasteiger partial charge in [0.2, 0.25) is 0 Å². The number of aromatic nitrogens is 2. The zero-order valence-corrected chi connectivity index (χ0v) is 10.5. The van der Waals surface area contributed by atoms with E-state index in [1.54, 1.807) is 0 Å². The van der Waals surface area contributed by atoms with Gasteiger partial charge in [-0.05, 0) is 26.7 Å². The highest BCUT2D eigenvalue weighted by Crippen LogP contribution is 2.21. The highest BCUT2D eigenvalue weighted by molar-refractivity contribution is 5.48. The molecule has 16 heavy (non-hydrogen) atoms. The summed E-state index contributed by atoms with van der Waals surface area (Å²) in [6, 6.07) is 1.82. The second-order valence-electron chi connectivity index (χ2n) is 4.22. The topological polar surface area (TPSA) is 75.9 Å². The number of nitrogens with two attached hydrogens (primary N) is 1. The van der Waals surface area contributed by atoms with E-state index in [-0.39, 0.29) is 5.54 Å². The third-order valence-corrected chi connectivity index (χ3v) is 2.98. The van der Waals surface area contributed by atoms with Gasteiger partial charge in [0.1, 0.15) is 17.5 Å². The Kier molecular flexibility index (Phi) is 4.06. The van der Waals surface area contributed by atoms with Gasteiger partial charge in [0.15, 0.2) is 0 Å². The molecule has 0 radical (unpaired) electrons. The Morgan fingerprint density at radius 1 is 1.25 bits per heavy atom. The average Bonchev–Trinajstić information content (AvgIpc) is 2.28. The lowest BCUT2D eigenvalue weighted by molar-refractivity contribution is 0.476. The zero-order valence-electron chi connectivity index (χ0n) is 10.5. The second-order valence-corrected chi connectivity index (χ2v) is 4.22. The number of anilines is 2. The van der Waals surface area contributed by atoms with E-state index in [1.807, 2.05) is 13.0 Å². The van der Waals surface area contributed by atoms with Crippen molar-refractivity contribution in [1.29, 1.82) is 0 Å². The summed E-state index contributed by atoms with van der Waals surface area (Å²) < 4.78 is 0. The molecule has 5 heteroatoms. The molecular formula is C11H21N5. The van der Waals surface area contributed by atoms with Crippen molar-refractivity contribution in [3.63, 3.8) is 0 Å². The average molecular weight is 223 g/mol. The molecule has 1 aromatic heterocycles. The highest BCUT2D eigenvalue weighted by Gasteiger charge is 2.19. The molecule has 0 amide bonds. The summed E-state index contributed by atoms with van der Waals surface area (Å²) in [6.45, 7) is 8.35. The Morgan fingerprint density at radius 2 is 1.81 bits per heavy atom. The smallest absolute Gasteiger partial charge is 0.145 e. The molecule has 4 N–H and O–H groups in total. The summed E-state index contributed by atoms with van der Waals surface area (Å²) >= 11 is 0. The van der Waals surface area contributed by atoms with Crippen molar-refractivity contribution in [3.05, 3.63) is 11.9 Å². The highest BCUT2D eigenvalue weighted by atomic mass is 15.3. The third kappa shape index (κ3) is 3.06. The molecule has 0 spiro atoms. The number of hydrogen-bond acceptors (Lipinski definition) is 5. The number of nitrogens with zero attached hydrogens (tertiary/aromatic N) is 2. The molecule has 90 valence electrons. The maximum Gasteiger partial charge on any atom is 0.145 e. The minimum absolute atomic E-state index is 0.0622. The molecule has 1 aromatic rings. The van der Waals surface area contributed by atoms with Crippen molar-refractivity contribution in [3.8, 4) is 0 Å². The van der Waals surface area contributed by atoms with E-state index in [9.17, 15) is 0 Å².